The lowest BCUT2D eigenvalue weighted by atomic mass is 9.85. The van der Waals surface area contributed by atoms with Gasteiger partial charge in [0.2, 0.25) is 11.8 Å². The van der Waals surface area contributed by atoms with Crippen LogP contribution in [0, 0.1) is 18.3 Å². The van der Waals surface area contributed by atoms with Gasteiger partial charge in [-0.05, 0) is 18.4 Å². The molecule has 2 aliphatic rings. The van der Waals surface area contributed by atoms with Crippen LogP contribution in [0.5, 0.6) is 5.75 Å². The van der Waals surface area contributed by atoms with Crippen molar-refractivity contribution in [3.8, 4) is 5.75 Å². The number of rotatable bonds is 4. The normalized spacial score (nSPS) is 22.3. The number of nitrogens with zero attached hydrogens (tertiary/aromatic N) is 2. The molecular weight excluding hydrogens is 368 g/mol. The number of aryl methyl sites for hydroxylation is 1. The number of carbonyl (C=O) groups is 2. The number of carbonyl (C=O) groups excluding carboxylic acids is 2. The fourth-order valence-electron chi connectivity index (χ4n) is 4.30. The molecule has 2 heterocycles. The molecule has 0 radical (unpaired) electrons. The second-order valence-corrected chi connectivity index (χ2v) is 9.46. The minimum Gasteiger partial charge on any atom is -0.493 e. The number of hydrogen-bond donors (Lipinski definition) is 0. The highest BCUT2D eigenvalue weighted by Crippen LogP contribution is 2.42. The van der Waals surface area contributed by atoms with Crippen molar-refractivity contribution in [1.82, 2.24) is 9.80 Å². The first-order valence-electron chi connectivity index (χ1n) is 10.5. The summed E-state index contributed by atoms with van der Waals surface area (Å²) in [5.41, 5.74) is 2.10. The Morgan fingerprint density at radius 2 is 2.07 bits per heavy atom. The van der Waals surface area contributed by atoms with E-state index in [9.17, 15) is 9.59 Å². The summed E-state index contributed by atoms with van der Waals surface area (Å²) >= 11 is 0. The van der Waals surface area contributed by atoms with Crippen molar-refractivity contribution in [3.63, 3.8) is 0 Å². The minimum atomic E-state index is -0.107. The molecule has 0 unspecified atom stereocenters. The molecule has 2 atom stereocenters. The average molecular weight is 403 g/mol. The highest BCUT2D eigenvalue weighted by Gasteiger charge is 2.41. The summed E-state index contributed by atoms with van der Waals surface area (Å²) in [6, 6.07) is 6.09. The van der Waals surface area contributed by atoms with Gasteiger partial charge in [0.1, 0.15) is 5.75 Å². The molecule has 1 fully saturated rings. The zero-order chi connectivity index (χ0) is 21.2. The number of benzene rings is 1. The summed E-state index contributed by atoms with van der Waals surface area (Å²) in [6.07, 6.45) is 0.796. The Hall–Kier alpha value is -2.08. The van der Waals surface area contributed by atoms with E-state index in [-0.39, 0.29) is 29.2 Å². The number of hydrogen-bond acceptors (Lipinski definition) is 4. The molecule has 0 saturated carbocycles. The molecule has 1 saturated heterocycles. The molecule has 2 aliphatic heterocycles. The lowest BCUT2D eigenvalue weighted by Gasteiger charge is -2.45. The van der Waals surface area contributed by atoms with Crippen LogP contribution in [0.4, 0.5) is 0 Å². The van der Waals surface area contributed by atoms with Crippen LogP contribution in [0.2, 0.25) is 0 Å². The Labute approximate surface area is 174 Å². The average Bonchev–Trinajstić information content (AvgIpc) is 2.63. The zero-order valence-corrected chi connectivity index (χ0v) is 18.4. The monoisotopic (exact) mass is 402 g/mol. The van der Waals surface area contributed by atoms with Gasteiger partial charge in [0.15, 0.2) is 0 Å². The highest BCUT2D eigenvalue weighted by molar-refractivity contribution is 5.80. The van der Waals surface area contributed by atoms with E-state index in [4.69, 9.17) is 9.47 Å². The first-order chi connectivity index (χ1) is 13.7. The summed E-state index contributed by atoms with van der Waals surface area (Å²) in [6.45, 7) is 10.9. The molecule has 29 heavy (non-hydrogen) atoms. The molecule has 0 aliphatic carbocycles. The third-order valence-electron chi connectivity index (χ3n) is 5.66. The second kappa shape index (κ2) is 8.74. The van der Waals surface area contributed by atoms with E-state index in [0.717, 1.165) is 16.9 Å². The van der Waals surface area contributed by atoms with Crippen LogP contribution in [0.3, 0.4) is 0 Å². The molecule has 3 rings (SSSR count). The summed E-state index contributed by atoms with van der Waals surface area (Å²) in [5, 5.41) is 0. The predicted octanol–water partition coefficient (Wildman–Crippen LogP) is 3.19. The number of methoxy groups -OCH3 is 1. The van der Waals surface area contributed by atoms with Gasteiger partial charge in [-0.3, -0.25) is 9.59 Å². The SMILES string of the molecule is COCCN1C[C@H]2COc3ccc(C)cc3[C@H]2N(C(=O)CC(C)(C)C)CCC1=O. The Balaban J connectivity index is 1.98. The Morgan fingerprint density at radius 1 is 1.31 bits per heavy atom. The van der Waals surface area contributed by atoms with Crippen LogP contribution in [0.15, 0.2) is 18.2 Å². The molecular formula is C23H34N2O4. The van der Waals surface area contributed by atoms with E-state index in [0.29, 0.717) is 45.7 Å². The smallest absolute Gasteiger partial charge is 0.224 e. The van der Waals surface area contributed by atoms with Crippen molar-refractivity contribution in [3.05, 3.63) is 29.3 Å². The van der Waals surface area contributed by atoms with Gasteiger partial charge in [0.05, 0.1) is 19.3 Å². The van der Waals surface area contributed by atoms with Crippen molar-refractivity contribution < 1.29 is 19.1 Å². The number of fused-ring (bicyclic) bond motifs is 3. The van der Waals surface area contributed by atoms with E-state index < -0.39 is 0 Å². The second-order valence-electron chi connectivity index (χ2n) is 9.46. The van der Waals surface area contributed by atoms with E-state index in [2.05, 4.69) is 33.8 Å². The lowest BCUT2D eigenvalue weighted by molar-refractivity contribution is -0.143. The third-order valence-corrected chi connectivity index (χ3v) is 5.66. The molecule has 0 N–H and O–H groups in total. The maximum absolute atomic E-state index is 13.3. The molecule has 6 heteroatoms. The molecule has 1 aromatic rings. The molecule has 2 amide bonds. The Morgan fingerprint density at radius 3 is 2.76 bits per heavy atom. The molecule has 0 aromatic heterocycles. The summed E-state index contributed by atoms with van der Waals surface area (Å²) in [7, 11) is 1.65. The summed E-state index contributed by atoms with van der Waals surface area (Å²) in [5.74, 6) is 1.07. The fraction of sp³-hybridized carbons (Fsp3) is 0.652. The van der Waals surface area contributed by atoms with Crippen LogP contribution >= 0.6 is 0 Å². The number of ether oxygens (including phenoxy) is 2. The largest absolute Gasteiger partial charge is 0.493 e. The van der Waals surface area contributed by atoms with E-state index >= 15 is 0 Å². The van der Waals surface area contributed by atoms with Gasteiger partial charge in [0.25, 0.3) is 0 Å². The summed E-state index contributed by atoms with van der Waals surface area (Å²) in [4.78, 5) is 29.9. The summed E-state index contributed by atoms with van der Waals surface area (Å²) < 4.78 is 11.3. The zero-order valence-electron chi connectivity index (χ0n) is 18.4. The van der Waals surface area contributed by atoms with Gasteiger partial charge in [-0.25, -0.2) is 0 Å². The van der Waals surface area contributed by atoms with Crippen molar-refractivity contribution in [2.24, 2.45) is 11.3 Å². The topological polar surface area (TPSA) is 59.1 Å². The molecule has 0 spiro atoms. The van der Waals surface area contributed by atoms with Crippen molar-refractivity contribution >= 4 is 11.8 Å². The van der Waals surface area contributed by atoms with E-state index in [1.54, 1.807) is 7.11 Å². The van der Waals surface area contributed by atoms with Crippen LogP contribution in [0.25, 0.3) is 0 Å². The third kappa shape index (κ3) is 5.10. The molecule has 0 bridgehead atoms. The number of amides is 2. The lowest BCUT2D eigenvalue weighted by Crippen LogP contribution is -2.52. The Kier molecular flexibility index (Phi) is 6.52. The molecule has 6 nitrogen and oxygen atoms in total. The quantitative estimate of drug-likeness (QED) is 0.776. The minimum absolute atomic E-state index is 0.0364. The predicted molar refractivity (Wildman–Crippen MR) is 112 cm³/mol. The van der Waals surface area contributed by atoms with Gasteiger partial charge in [-0.15, -0.1) is 0 Å². The van der Waals surface area contributed by atoms with Crippen molar-refractivity contribution in [2.45, 2.75) is 46.6 Å². The van der Waals surface area contributed by atoms with Crippen LogP contribution in [-0.4, -0.2) is 61.6 Å². The first-order valence-corrected chi connectivity index (χ1v) is 10.5. The van der Waals surface area contributed by atoms with Gasteiger partial charge in [0, 0.05) is 51.1 Å². The maximum atomic E-state index is 13.3. The molecule has 1 aromatic carbocycles. The van der Waals surface area contributed by atoms with Crippen LogP contribution < -0.4 is 4.74 Å². The van der Waals surface area contributed by atoms with Crippen molar-refractivity contribution in [1.29, 1.82) is 0 Å². The van der Waals surface area contributed by atoms with E-state index in [1.165, 1.54) is 0 Å². The fourth-order valence-corrected chi connectivity index (χ4v) is 4.30. The molecule has 160 valence electrons. The highest BCUT2D eigenvalue weighted by atomic mass is 16.5. The van der Waals surface area contributed by atoms with Gasteiger partial charge in [-0.1, -0.05) is 38.5 Å². The van der Waals surface area contributed by atoms with Gasteiger partial charge >= 0.3 is 0 Å². The van der Waals surface area contributed by atoms with E-state index in [1.807, 2.05) is 21.9 Å². The Bertz CT molecular complexity index is 756. The van der Waals surface area contributed by atoms with Crippen molar-refractivity contribution in [2.75, 3.05) is 40.0 Å². The van der Waals surface area contributed by atoms with Gasteiger partial charge < -0.3 is 19.3 Å². The van der Waals surface area contributed by atoms with Crippen LogP contribution in [0.1, 0.15) is 50.8 Å². The van der Waals surface area contributed by atoms with Crippen LogP contribution in [-0.2, 0) is 14.3 Å². The van der Waals surface area contributed by atoms with Gasteiger partial charge in [-0.2, -0.15) is 0 Å². The standard InChI is InChI=1S/C23H34N2O4/c1-16-6-7-19-18(12-16)22-17(15-29-19)14-24(10-11-28-5)20(26)8-9-25(22)21(27)13-23(2,3)4/h6-7,12,17,22H,8-11,13-15H2,1-5H3/t17-,22-/m0/s1. The first kappa shape index (κ1) is 21.6. The maximum Gasteiger partial charge on any atom is 0.224 e.